The van der Waals surface area contributed by atoms with Gasteiger partial charge in [0.05, 0.1) is 38.1 Å². The van der Waals surface area contributed by atoms with Gasteiger partial charge in [-0.25, -0.2) is 4.99 Å². The molecule has 194 valence electrons. The zero-order valence-electron chi connectivity index (χ0n) is 20.2. The first-order chi connectivity index (χ1) is 18.0. The van der Waals surface area contributed by atoms with E-state index in [0.717, 1.165) is 35.0 Å². The van der Waals surface area contributed by atoms with Crippen LogP contribution in [0.4, 0.5) is 17.1 Å². The lowest BCUT2D eigenvalue weighted by Crippen LogP contribution is -2.19. The Bertz CT molecular complexity index is 1530. The Kier molecular flexibility index (Phi) is 7.78. The molecule has 4 rings (SSSR count). The van der Waals surface area contributed by atoms with Crippen molar-refractivity contribution in [2.45, 2.75) is 13.8 Å². The van der Waals surface area contributed by atoms with E-state index in [1.54, 1.807) is 18.2 Å². The molecule has 1 N–H and O–H groups in total. The number of halogens is 1. The monoisotopic (exact) mass is 598 g/mol. The van der Waals surface area contributed by atoms with Crippen molar-refractivity contribution in [1.29, 1.82) is 0 Å². The van der Waals surface area contributed by atoms with Crippen LogP contribution in [0.5, 0.6) is 17.2 Å². The highest BCUT2D eigenvalue weighted by molar-refractivity contribution is 9.10. The number of nitrogens with zero attached hydrogens (tertiary/aromatic N) is 3. The number of amidine groups is 1. The molecular formula is C25H19BrN4O7S. The number of thioether (sulfide) groups is 1. The molecular weight excluding hydrogens is 580 g/mol. The summed E-state index contributed by atoms with van der Waals surface area (Å²) in [6, 6.07) is 12.2. The molecule has 1 fully saturated rings. The molecule has 0 saturated carbocycles. The molecule has 0 unspecified atom stereocenters. The van der Waals surface area contributed by atoms with Crippen LogP contribution in [-0.2, 0) is 4.79 Å². The molecule has 0 aromatic heterocycles. The van der Waals surface area contributed by atoms with Gasteiger partial charge in [0, 0.05) is 6.07 Å². The van der Waals surface area contributed by atoms with Crippen LogP contribution in [0.3, 0.4) is 0 Å². The largest absolute Gasteiger partial charge is 0.493 e. The fourth-order valence-electron chi connectivity index (χ4n) is 3.64. The second kappa shape index (κ2) is 11.0. The van der Waals surface area contributed by atoms with Gasteiger partial charge in [-0.05, 0) is 94.6 Å². The maximum Gasteiger partial charge on any atom is 0.318 e. The second-order valence-electron chi connectivity index (χ2n) is 8.13. The van der Waals surface area contributed by atoms with E-state index in [1.807, 2.05) is 32.0 Å². The molecule has 0 radical (unpaired) electrons. The van der Waals surface area contributed by atoms with Gasteiger partial charge in [0.2, 0.25) is 5.75 Å². The van der Waals surface area contributed by atoms with Gasteiger partial charge in [-0.3, -0.25) is 25.0 Å². The highest BCUT2D eigenvalue weighted by atomic mass is 79.9. The predicted molar refractivity (Wildman–Crippen MR) is 147 cm³/mol. The van der Waals surface area contributed by atoms with Crippen LogP contribution >= 0.6 is 27.7 Å². The van der Waals surface area contributed by atoms with Crippen LogP contribution in [0, 0.1) is 34.1 Å². The number of aliphatic imine (C=N–C) groups is 1. The molecule has 38 heavy (non-hydrogen) atoms. The van der Waals surface area contributed by atoms with Gasteiger partial charge >= 0.3 is 5.69 Å². The topological polar surface area (TPSA) is 146 Å². The van der Waals surface area contributed by atoms with Gasteiger partial charge in [0.15, 0.2) is 16.7 Å². The lowest BCUT2D eigenvalue weighted by atomic mass is 10.1. The van der Waals surface area contributed by atoms with E-state index < -0.39 is 21.2 Å². The number of aryl methyl sites for hydroxylation is 2. The Balaban J connectivity index is 1.63. The summed E-state index contributed by atoms with van der Waals surface area (Å²) in [5.41, 5.74) is 2.43. The summed E-state index contributed by atoms with van der Waals surface area (Å²) in [6.45, 7) is 3.95. The number of hydrogen-bond donors (Lipinski definition) is 1. The summed E-state index contributed by atoms with van der Waals surface area (Å²) in [6.07, 6.45) is 1.65. The standard InChI is InChI=1S/C25H19BrN4O7S/c1-13-6-14(2)8-16(7-13)27-25-28-24(31)22(38-25)11-15-9-18(26)23(21(10-15)36-3)37-20-5-4-17(29(32)33)12-19(20)30(34)35/h4-12H,1-3H3,(H,27,28,31)/b22-11-. The predicted octanol–water partition coefficient (Wildman–Crippen LogP) is 6.57. The van der Waals surface area contributed by atoms with E-state index in [4.69, 9.17) is 9.47 Å². The molecule has 1 heterocycles. The number of benzene rings is 3. The Morgan fingerprint density at radius 1 is 1.00 bits per heavy atom. The van der Waals surface area contributed by atoms with E-state index in [9.17, 15) is 25.0 Å². The lowest BCUT2D eigenvalue weighted by Gasteiger charge is -2.13. The lowest BCUT2D eigenvalue weighted by molar-refractivity contribution is -0.394. The highest BCUT2D eigenvalue weighted by Crippen LogP contribution is 2.43. The molecule has 0 aliphatic carbocycles. The molecule has 1 aliphatic rings. The van der Waals surface area contributed by atoms with Gasteiger partial charge < -0.3 is 14.8 Å². The Hall–Kier alpha value is -4.23. The number of amides is 1. The number of nitro groups is 2. The van der Waals surface area contributed by atoms with Crippen LogP contribution in [0.2, 0.25) is 0 Å². The van der Waals surface area contributed by atoms with E-state index in [1.165, 1.54) is 18.9 Å². The van der Waals surface area contributed by atoms with Crippen LogP contribution in [0.1, 0.15) is 16.7 Å². The second-order valence-corrected chi connectivity index (χ2v) is 10.0. The third-order valence-electron chi connectivity index (χ3n) is 5.20. The van der Waals surface area contributed by atoms with Crippen molar-refractivity contribution in [2.24, 2.45) is 4.99 Å². The summed E-state index contributed by atoms with van der Waals surface area (Å²) >= 11 is 4.57. The van der Waals surface area contributed by atoms with Crippen molar-refractivity contribution in [1.82, 2.24) is 5.32 Å². The SMILES string of the molecule is COc1cc(/C=C2\SC(=Nc3cc(C)cc(C)c3)NC2=O)cc(Br)c1Oc1ccc([N+](=O)[O-])cc1[N+](=O)[O-]. The fourth-order valence-corrected chi connectivity index (χ4v) is 5.03. The Morgan fingerprint density at radius 2 is 1.71 bits per heavy atom. The molecule has 3 aromatic carbocycles. The minimum absolute atomic E-state index is 0.118. The van der Waals surface area contributed by atoms with Crippen LogP contribution in [-0.4, -0.2) is 28.0 Å². The van der Waals surface area contributed by atoms with E-state index in [2.05, 4.69) is 26.2 Å². The summed E-state index contributed by atoms with van der Waals surface area (Å²) in [7, 11) is 1.39. The molecule has 0 spiro atoms. The normalized spacial score (nSPS) is 15.0. The maximum absolute atomic E-state index is 12.6. The summed E-state index contributed by atoms with van der Waals surface area (Å²) < 4.78 is 11.5. The number of non-ortho nitro benzene ring substituents is 1. The number of nitro benzene ring substituents is 2. The van der Waals surface area contributed by atoms with Crippen molar-refractivity contribution in [3.05, 3.63) is 94.8 Å². The zero-order chi connectivity index (χ0) is 27.6. The van der Waals surface area contributed by atoms with Crippen molar-refractivity contribution < 1.29 is 24.1 Å². The van der Waals surface area contributed by atoms with E-state index >= 15 is 0 Å². The third-order valence-corrected chi connectivity index (χ3v) is 6.70. The maximum atomic E-state index is 12.6. The molecule has 1 saturated heterocycles. The zero-order valence-corrected chi connectivity index (χ0v) is 22.6. The number of carbonyl (C=O) groups excluding carboxylic acids is 1. The first-order valence-electron chi connectivity index (χ1n) is 10.9. The molecule has 1 aliphatic heterocycles. The molecule has 3 aromatic rings. The fraction of sp³-hybridized carbons (Fsp3) is 0.120. The van der Waals surface area contributed by atoms with Crippen molar-refractivity contribution >= 4 is 61.9 Å². The number of ether oxygens (including phenoxy) is 2. The first kappa shape index (κ1) is 26.8. The summed E-state index contributed by atoms with van der Waals surface area (Å²) in [5, 5.41) is 25.7. The Labute approximate surface area is 229 Å². The first-order valence-corrected chi connectivity index (χ1v) is 12.5. The van der Waals surface area contributed by atoms with Gasteiger partial charge in [0.25, 0.3) is 11.6 Å². The summed E-state index contributed by atoms with van der Waals surface area (Å²) in [4.78, 5) is 38.5. The van der Waals surface area contributed by atoms with Gasteiger partial charge in [0.1, 0.15) is 0 Å². The average Bonchev–Trinajstić information content (AvgIpc) is 3.17. The van der Waals surface area contributed by atoms with E-state index in [0.29, 0.717) is 20.1 Å². The van der Waals surface area contributed by atoms with Gasteiger partial charge in [-0.2, -0.15) is 0 Å². The van der Waals surface area contributed by atoms with Gasteiger partial charge in [-0.15, -0.1) is 0 Å². The van der Waals surface area contributed by atoms with Crippen molar-refractivity contribution in [3.63, 3.8) is 0 Å². The summed E-state index contributed by atoms with van der Waals surface area (Å²) in [5.74, 6) is -0.183. The highest BCUT2D eigenvalue weighted by Gasteiger charge is 2.26. The van der Waals surface area contributed by atoms with E-state index in [-0.39, 0.29) is 23.2 Å². The smallest absolute Gasteiger partial charge is 0.318 e. The van der Waals surface area contributed by atoms with Crippen LogP contribution < -0.4 is 14.8 Å². The molecule has 11 nitrogen and oxygen atoms in total. The average molecular weight is 599 g/mol. The Morgan fingerprint density at radius 3 is 2.34 bits per heavy atom. The van der Waals surface area contributed by atoms with Gasteiger partial charge in [-0.1, -0.05) is 6.07 Å². The minimum Gasteiger partial charge on any atom is -0.493 e. The van der Waals surface area contributed by atoms with Crippen molar-refractivity contribution in [2.75, 3.05) is 7.11 Å². The quantitative estimate of drug-likeness (QED) is 0.182. The number of rotatable bonds is 7. The third kappa shape index (κ3) is 6.01. The van der Waals surface area contributed by atoms with Crippen LogP contribution in [0.25, 0.3) is 6.08 Å². The van der Waals surface area contributed by atoms with Crippen molar-refractivity contribution in [3.8, 4) is 17.2 Å². The number of methoxy groups -OCH3 is 1. The number of hydrogen-bond acceptors (Lipinski definition) is 9. The number of nitrogens with one attached hydrogen (secondary N) is 1. The molecule has 13 heteroatoms. The van der Waals surface area contributed by atoms with Crippen LogP contribution in [0.15, 0.2) is 62.9 Å². The minimum atomic E-state index is -0.769. The molecule has 0 bridgehead atoms. The molecule has 0 atom stereocenters. The molecule has 1 amide bonds. The number of carbonyl (C=O) groups is 1.